The van der Waals surface area contributed by atoms with Crippen LogP contribution in [0.15, 0.2) is 59.5 Å². The third-order valence-corrected chi connectivity index (χ3v) is 8.49. The van der Waals surface area contributed by atoms with Crippen molar-refractivity contribution in [3.63, 3.8) is 0 Å². The van der Waals surface area contributed by atoms with Gasteiger partial charge in [0.2, 0.25) is 11.8 Å². The normalized spacial score (nSPS) is 27.8. The van der Waals surface area contributed by atoms with Gasteiger partial charge in [0.25, 0.3) is 0 Å². The van der Waals surface area contributed by atoms with Crippen molar-refractivity contribution in [1.29, 1.82) is 0 Å². The van der Waals surface area contributed by atoms with Crippen LogP contribution in [0.2, 0.25) is 0 Å². The Hall–Kier alpha value is -2.78. The summed E-state index contributed by atoms with van der Waals surface area (Å²) in [4.78, 5) is 25.3. The van der Waals surface area contributed by atoms with Crippen LogP contribution in [0, 0.1) is 17.7 Å². The predicted octanol–water partition coefficient (Wildman–Crippen LogP) is 1.56. The molecule has 1 aliphatic heterocycles. The van der Waals surface area contributed by atoms with Gasteiger partial charge >= 0.3 is 0 Å². The number of rotatable bonds is 5. The first-order valence-electron chi connectivity index (χ1n) is 10.6. The summed E-state index contributed by atoms with van der Waals surface area (Å²) in [6.07, 6.45) is -0.133. The van der Waals surface area contributed by atoms with Crippen molar-refractivity contribution in [2.45, 2.75) is 48.1 Å². The second kappa shape index (κ2) is 8.99. The number of amides is 2. The van der Waals surface area contributed by atoms with Gasteiger partial charge < -0.3 is 15.7 Å². The molecule has 2 aliphatic rings. The number of sulfone groups is 1. The molecular weight excluding hydrogens is 435 g/mol. The smallest absolute Gasteiger partial charge is 0.241 e. The van der Waals surface area contributed by atoms with Crippen molar-refractivity contribution in [2.75, 3.05) is 0 Å². The van der Waals surface area contributed by atoms with Gasteiger partial charge in [-0.1, -0.05) is 30.3 Å². The molecule has 1 saturated heterocycles. The Bertz CT molecular complexity index is 1090. The summed E-state index contributed by atoms with van der Waals surface area (Å²) in [5, 5.41) is 14.9. The summed E-state index contributed by atoms with van der Waals surface area (Å²) in [6.45, 7) is 0.260. The largest absolute Gasteiger partial charge is 0.391 e. The first-order valence-corrected chi connectivity index (χ1v) is 12.1. The number of carbonyl (C=O) groups excluding carboxylic acids is 2. The summed E-state index contributed by atoms with van der Waals surface area (Å²) in [5.74, 6) is -2.09. The van der Waals surface area contributed by atoms with Crippen molar-refractivity contribution in [1.82, 2.24) is 10.6 Å². The Balaban J connectivity index is 1.41. The minimum Gasteiger partial charge on any atom is -0.391 e. The molecule has 170 valence electrons. The molecule has 1 saturated carbocycles. The molecule has 2 aromatic carbocycles. The van der Waals surface area contributed by atoms with Gasteiger partial charge in [-0.05, 0) is 49.1 Å². The van der Waals surface area contributed by atoms with E-state index in [0.29, 0.717) is 19.3 Å². The molecule has 0 aromatic heterocycles. The molecule has 0 bridgehead atoms. The molecule has 32 heavy (non-hydrogen) atoms. The van der Waals surface area contributed by atoms with E-state index in [1.807, 2.05) is 0 Å². The maximum atomic E-state index is 13.0. The van der Waals surface area contributed by atoms with Crippen molar-refractivity contribution in [3.8, 4) is 0 Å². The second-order valence-electron chi connectivity index (χ2n) is 8.40. The SMILES string of the molecule is O=C(NCc1ccc(F)cc1)C1CCC2C(C1)NC(=O)C(S(=O)(=O)c1ccccc1)C2O. The molecule has 2 aromatic rings. The first kappa shape index (κ1) is 22.4. The van der Waals surface area contributed by atoms with Gasteiger partial charge in [0, 0.05) is 24.4 Å². The quantitative estimate of drug-likeness (QED) is 0.627. The third-order valence-electron chi connectivity index (χ3n) is 6.40. The molecule has 3 N–H and O–H groups in total. The monoisotopic (exact) mass is 460 g/mol. The van der Waals surface area contributed by atoms with Crippen LogP contribution in [0.25, 0.3) is 0 Å². The highest BCUT2D eigenvalue weighted by molar-refractivity contribution is 7.92. The zero-order valence-electron chi connectivity index (χ0n) is 17.3. The fraction of sp³-hybridized carbons (Fsp3) is 0.391. The average molecular weight is 461 g/mol. The summed E-state index contributed by atoms with van der Waals surface area (Å²) in [7, 11) is -4.05. The highest BCUT2D eigenvalue weighted by atomic mass is 32.2. The Labute approximate surface area is 185 Å². The topological polar surface area (TPSA) is 113 Å². The molecule has 4 rings (SSSR count). The number of halogens is 1. The predicted molar refractivity (Wildman–Crippen MR) is 114 cm³/mol. The van der Waals surface area contributed by atoms with Gasteiger partial charge in [0.05, 0.1) is 11.0 Å². The van der Waals surface area contributed by atoms with Crippen molar-refractivity contribution in [2.24, 2.45) is 11.8 Å². The number of aliphatic hydroxyl groups excluding tert-OH is 1. The van der Waals surface area contributed by atoms with Gasteiger partial charge in [-0.25, -0.2) is 12.8 Å². The number of hydrogen-bond acceptors (Lipinski definition) is 5. The van der Waals surface area contributed by atoms with E-state index < -0.39 is 39.1 Å². The van der Waals surface area contributed by atoms with E-state index in [9.17, 15) is 27.5 Å². The minimum atomic E-state index is -4.05. The maximum Gasteiger partial charge on any atom is 0.241 e. The van der Waals surface area contributed by atoms with Crippen LogP contribution in [0.3, 0.4) is 0 Å². The highest BCUT2D eigenvalue weighted by Crippen LogP contribution is 2.37. The zero-order valence-corrected chi connectivity index (χ0v) is 18.1. The van der Waals surface area contributed by atoms with Crippen molar-refractivity contribution < 1.29 is 27.5 Å². The van der Waals surface area contributed by atoms with Crippen LogP contribution in [0.5, 0.6) is 0 Å². The van der Waals surface area contributed by atoms with Crippen LogP contribution < -0.4 is 10.6 Å². The lowest BCUT2D eigenvalue weighted by atomic mass is 9.73. The lowest BCUT2D eigenvalue weighted by Gasteiger charge is -2.44. The minimum absolute atomic E-state index is 0.00786. The number of nitrogens with one attached hydrogen (secondary N) is 2. The van der Waals surface area contributed by atoms with Gasteiger partial charge in [-0.2, -0.15) is 0 Å². The van der Waals surface area contributed by atoms with Gasteiger partial charge in [0.1, 0.15) is 5.82 Å². The van der Waals surface area contributed by atoms with Crippen LogP contribution >= 0.6 is 0 Å². The van der Waals surface area contributed by atoms with E-state index in [4.69, 9.17) is 0 Å². The fourth-order valence-corrected chi connectivity index (χ4v) is 6.42. The van der Waals surface area contributed by atoms with Gasteiger partial charge in [-0.3, -0.25) is 9.59 Å². The number of aliphatic hydroxyl groups is 1. The van der Waals surface area contributed by atoms with E-state index in [2.05, 4.69) is 10.6 Å². The number of carbonyl (C=O) groups is 2. The number of piperidine rings is 1. The van der Waals surface area contributed by atoms with Crippen LogP contribution in [-0.2, 0) is 26.0 Å². The van der Waals surface area contributed by atoms with E-state index in [0.717, 1.165) is 5.56 Å². The van der Waals surface area contributed by atoms with Gasteiger partial charge in [-0.15, -0.1) is 0 Å². The highest BCUT2D eigenvalue weighted by Gasteiger charge is 2.52. The molecule has 2 amide bonds. The standard InChI is InChI=1S/C23H25FN2O5S/c24-16-9-6-14(7-10-16)13-25-22(28)15-8-11-18-19(12-15)26-23(29)21(20(18)27)32(30,31)17-4-2-1-3-5-17/h1-7,9-10,15,18-21,27H,8,11-13H2,(H,25,28)(H,26,29). The van der Waals surface area contributed by atoms with E-state index in [1.165, 1.54) is 24.3 Å². The Morgan fingerprint density at radius 1 is 1.09 bits per heavy atom. The third kappa shape index (κ3) is 4.40. The molecule has 9 heteroatoms. The second-order valence-corrected chi connectivity index (χ2v) is 10.5. The van der Waals surface area contributed by atoms with Crippen LogP contribution in [0.4, 0.5) is 4.39 Å². The summed E-state index contributed by atoms with van der Waals surface area (Å²) >= 11 is 0. The van der Waals surface area contributed by atoms with Crippen molar-refractivity contribution in [3.05, 3.63) is 66.0 Å². The molecule has 5 unspecified atom stereocenters. The van der Waals surface area contributed by atoms with Crippen LogP contribution in [0.1, 0.15) is 24.8 Å². The molecule has 1 aliphatic carbocycles. The number of benzene rings is 2. The lowest BCUT2D eigenvalue weighted by Crippen LogP contribution is -2.63. The lowest BCUT2D eigenvalue weighted by molar-refractivity contribution is -0.134. The fourth-order valence-electron chi connectivity index (χ4n) is 4.67. The first-order chi connectivity index (χ1) is 15.3. The van der Waals surface area contributed by atoms with Gasteiger partial charge in [0.15, 0.2) is 15.1 Å². The number of hydrogen-bond donors (Lipinski definition) is 3. The van der Waals surface area contributed by atoms with Crippen molar-refractivity contribution >= 4 is 21.7 Å². The molecule has 7 nitrogen and oxygen atoms in total. The number of fused-ring (bicyclic) bond motifs is 1. The summed E-state index contributed by atoms with van der Waals surface area (Å²) in [5.41, 5.74) is 0.767. The zero-order chi connectivity index (χ0) is 22.9. The Kier molecular flexibility index (Phi) is 6.30. The molecule has 5 atom stereocenters. The molecule has 2 fully saturated rings. The summed E-state index contributed by atoms with van der Waals surface area (Å²) < 4.78 is 39.0. The molecular formula is C23H25FN2O5S. The van der Waals surface area contributed by atoms with Crippen LogP contribution in [-0.4, -0.2) is 42.7 Å². The Morgan fingerprint density at radius 3 is 2.47 bits per heavy atom. The molecule has 0 spiro atoms. The molecule has 1 heterocycles. The van der Waals surface area contributed by atoms with E-state index in [-0.39, 0.29) is 29.1 Å². The average Bonchev–Trinajstić information content (AvgIpc) is 2.78. The van der Waals surface area contributed by atoms with E-state index in [1.54, 1.807) is 30.3 Å². The molecule has 0 radical (unpaired) electrons. The maximum absolute atomic E-state index is 13.0. The van der Waals surface area contributed by atoms with E-state index >= 15 is 0 Å². The summed E-state index contributed by atoms with van der Waals surface area (Å²) in [6, 6.07) is 13.0. The Morgan fingerprint density at radius 2 is 1.78 bits per heavy atom.